The smallest absolute Gasteiger partial charge is 0.241 e. The van der Waals surface area contributed by atoms with Gasteiger partial charge in [0, 0.05) is 13.2 Å². The number of carbonyl (C=O) groups is 1. The van der Waals surface area contributed by atoms with Crippen molar-refractivity contribution in [2.45, 2.75) is 25.8 Å². The maximum absolute atomic E-state index is 13.6. The summed E-state index contributed by atoms with van der Waals surface area (Å²) >= 11 is 0. The average Bonchev–Trinajstić information content (AvgIpc) is 2.43. The number of hydrogen-bond acceptors (Lipinski definition) is 3. The third-order valence-corrected chi connectivity index (χ3v) is 3.46. The Morgan fingerprint density at radius 2 is 2.10 bits per heavy atom. The summed E-state index contributed by atoms with van der Waals surface area (Å²) < 4.78 is 18.8. The molecule has 2 rings (SSSR count). The van der Waals surface area contributed by atoms with Crippen LogP contribution in [0.25, 0.3) is 0 Å². The highest BCUT2D eigenvalue weighted by atomic mass is 35.5. The van der Waals surface area contributed by atoms with E-state index in [0.29, 0.717) is 13.2 Å². The number of benzene rings is 1. The first-order chi connectivity index (χ1) is 9.08. The molecule has 0 aromatic heterocycles. The van der Waals surface area contributed by atoms with Gasteiger partial charge in [-0.1, -0.05) is 6.07 Å². The van der Waals surface area contributed by atoms with Crippen LogP contribution in [-0.2, 0) is 9.53 Å². The van der Waals surface area contributed by atoms with E-state index in [4.69, 9.17) is 10.5 Å². The quantitative estimate of drug-likeness (QED) is 0.900. The van der Waals surface area contributed by atoms with Crippen molar-refractivity contribution in [3.8, 4) is 0 Å². The van der Waals surface area contributed by atoms with Crippen molar-refractivity contribution < 1.29 is 13.9 Å². The van der Waals surface area contributed by atoms with Gasteiger partial charge in [0.05, 0.1) is 11.7 Å². The third-order valence-electron chi connectivity index (χ3n) is 3.46. The van der Waals surface area contributed by atoms with E-state index in [1.54, 1.807) is 12.1 Å². The number of hydrogen-bond donors (Lipinski definition) is 2. The topological polar surface area (TPSA) is 64.4 Å². The Morgan fingerprint density at radius 1 is 1.45 bits per heavy atom. The van der Waals surface area contributed by atoms with Crippen LogP contribution in [0.4, 0.5) is 10.1 Å². The Kier molecular flexibility index (Phi) is 6.39. The summed E-state index contributed by atoms with van der Waals surface area (Å²) in [5, 5.41) is 2.57. The van der Waals surface area contributed by atoms with Crippen molar-refractivity contribution >= 4 is 24.0 Å². The molecular weight excluding hydrogens is 283 g/mol. The van der Waals surface area contributed by atoms with Gasteiger partial charge in [0.2, 0.25) is 5.91 Å². The molecule has 1 amide bonds. The maximum atomic E-state index is 13.6. The zero-order valence-corrected chi connectivity index (χ0v) is 12.2. The van der Waals surface area contributed by atoms with E-state index in [0.717, 1.165) is 18.4 Å². The van der Waals surface area contributed by atoms with Gasteiger partial charge in [0.1, 0.15) is 5.82 Å². The molecule has 112 valence electrons. The molecule has 6 heteroatoms. The van der Waals surface area contributed by atoms with E-state index in [1.807, 2.05) is 6.92 Å². The largest absolute Gasteiger partial charge is 0.381 e. The highest BCUT2D eigenvalue weighted by Crippen LogP contribution is 2.20. The number of anilines is 1. The second kappa shape index (κ2) is 7.57. The predicted octanol–water partition coefficient (Wildman–Crippen LogP) is 2.25. The van der Waals surface area contributed by atoms with Crippen molar-refractivity contribution in [2.75, 3.05) is 18.5 Å². The molecule has 1 atom stereocenters. The molecule has 0 radical (unpaired) electrons. The highest BCUT2D eigenvalue weighted by Gasteiger charge is 2.26. The summed E-state index contributed by atoms with van der Waals surface area (Å²) in [5.74, 6) is -0.684. The van der Waals surface area contributed by atoms with Crippen LogP contribution >= 0.6 is 12.4 Å². The van der Waals surface area contributed by atoms with E-state index in [-0.39, 0.29) is 29.9 Å². The SMILES string of the molecule is Cc1ccc(F)c(NC(=O)C(N)C2CCOCC2)c1.Cl. The lowest BCUT2D eigenvalue weighted by atomic mass is 9.92. The highest BCUT2D eigenvalue weighted by molar-refractivity contribution is 5.95. The molecule has 0 saturated carbocycles. The number of ether oxygens (including phenoxy) is 1. The Labute approximate surface area is 124 Å². The number of rotatable bonds is 3. The van der Waals surface area contributed by atoms with Crippen LogP contribution in [0.5, 0.6) is 0 Å². The van der Waals surface area contributed by atoms with Gasteiger partial charge >= 0.3 is 0 Å². The Hall–Kier alpha value is -1.17. The average molecular weight is 303 g/mol. The summed E-state index contributed by atoms with van der Waals surface area (Å²) in [6.45, 7) is 3.10. The molecule has 20 heavy (non-hydrogen) atoms. The summed E-state index contributed by atoms with van der Waals surface area (Å²) in [5.41, 5.74) is 7.01. The molecule has 1 fully saturated rings. The van der Waals surface area contributed by atoms with Crippen molar-refractivity contribution in [2.24, 2.45) is 11.7 Å². The number of nitrogens with two attached hydrogens (primary N) is 1. The Morgan fingerprint density at radius 3 is 2.75 bits per heavy atom. The van der Waals surface area contributed by atoms with Crippen molar-refractivity contribution in [1.82, 2.24) is 0 Å². The molecule has 4 nitrogen and oxygen atoms in total. The van der Waals surface area contributed by atoms with Crippen LogP contribution in [-0.4, -0.2) is 25.2 Å². The first-order valence-corrected chi connectivity index (χ1v) is 6.48. The van der Waals surface area contributed by atoms with Crippen LogP contribution in [0.2, 0.25) is 0 Å². The summed E-state index contributed by atoms with van der Waals surface area (Å²) in [6, 6.07) is 3.97. The fraction of sp³-hybridized carbons (Fsp3) is 0.500. The van der Waals surface area contributed by atoms with Crippen LogP contribution in [0.15, 0.2) is 18.2 Å². The van der Waals surface area contributed by atoms with Gasteiger partial charge in [-0.05, 0) is 43.4 Å². The van der Waals surface area contributed by atoms with Gasteiger partial charge in [0.25, 0.3) is 0 Å². The van der Waals surface area contributed by atoms with Crippen LogP contribution < -0.4 is 11.1 Å². The lowest BCUT2D eigenvalue weighted by molar-refractivity contribution is -0.119. The van der Waals surface area contributed by atoms with Gasteiger partial charge in [-0.3, -0.25) is 4.79 Å². The zero-order valence-electron chi connectivity index (χ0n) is 11.4. The van der Waals surface area contributed by atoms with Gasteiger partial charge in [-0.25, -0.2) is 4.39 Å². The first kappa shape index (κ1) is 16.9. The first-order valence-electron chi connectivity index (χ1n) is 6.48. The normalized spacial score (nSPS) is 17.1. The molecule has 1 aliphatic heterocycles. The summed E-state index contributed by atoms with van der Waals surface area (Å²) in [4.78, 5) is 12.0. The second-order valence-corrected chi connectivity index (χ2v) is 4.95. The van der Waals surface area contributed by atoms with E-state index >= 15 is 0 Å². The van der Waals surface area contributed by atoms with E-state index in [9.17, 15) is 9.18 Å². The molecular formula is C14H20ClFN2O2. The lowest BCUT2D eigenvalue weighted by Crippen LogP contribution is -2.44. The molecule has 1 saturated heterocycles. The fourth-order valence-electron chi connectivity index (χ4n) is 2.24. The van der Waals surface area contributed by atoms with Crippen LogP contribution in [0.3, 0.4) is 0 Å². The van der Waals surface area contributed by atoms with Crippen molar-refractivity contribution in [3.05, 3.63) is 29.6 Å². The maximum Gasteiger partial charge on any atom is 0.241 e. The van der Waals surface area contributed by atoms with Gasteiger partial charge in [0.15, 0.2) is 0 Å². The molecule has 1 unspecified atom stereocenters. The molecule has 1 aromatic rings. The molecule has 1 aliphatic rings. The standard InChI is InChI=1S/C14H19FN2O2.ClH/c1-9-2-3-11(15)12(8-9)17-14(18)13(16)10-4-6-19-7-5-10;/h2-3,8,10,13H,4-7,16H2,1H3,(H,17,18);1H. The predicted molar refractivity (Wildman–Crippen MR) is 78.5 cm³/mol. The number of amides is 1. The van der Waals surface area contributed by atoms with Gasteiger partial charge in [-0.2, -0.15) is 0 Å². The van der Waals surface area contributed by atoms with Crippen molar-refractivity contribution in [1.29, 1.82) is 0 Å². The monoisotopic (exact) mass is 302 g/mol. The number of aryl methyl sites for hydroxylation is 1. The summed E-state index contributed by atoms with van der Waals surface area (Å²) in [7, 11) is 0. The van der Waals surface area contributed by atoms with Crippen LogP contribution in [0.1, 0.15) is 18.4 Å². The molecule has 0 bridgehead atoms. The Balaban J connectivity index is 0.00000200. The molecule has 0 spiro atoms. The fourth-order valence-corrected chi connectivity index (χ4v) is 2.24. The summed E-state index contributed by atoms with van der Waals surface area (Å²) in [6.07, 6.45) is 1.54. The molecule has 1 aromatic carbocycles. The lowest BCUT2D eigenvalue weighted by Gasteiger charge is -2.26. The third kappa shape index (κ3) is 4.16. The van der Waals surface area contributed by atoms with E-state index in [2.05, 4.69) is 5.32 Å². The second-order valence-electron chi connectivity index (χ2n) is 4.95. The molecule has 3 N–H and O–H groups in total. The minimum absolute atomic E-state index is 0. The van der Waals surface area contributed by atoms with E-state index < -0.39 is 11.9 Å². The number of carbonyl (C=O) groups excluding carboxylic acids is 1. The molecule has 1 heterocycles. The van der Waals surface area contributed by atoms with Crippen molar-refractivity contribution in [3.63, 3.8) is 0 Å². The number of nitrogens with one attached hydrogen (secondary N) is 1. The van der Waals surface area contributed by atoms with Gasteiger partial charge in [-0.15, -0.1) is 12.4 Å². The number of halogens is 2. The van der Waals surface area contributed by atoms with Gasteiger partial charge < -0.3 is 15.8 Å². The minimum atomic E-state index is -0.621. The molecule has 0 aliphatic carbocycles. The van der Waals surface area contributed by atoms with E-state index in [1.165, 1.54) is 6.07 Å². The zero-order chi connectivity index (χ0) is 13.8. The van der Waals surface area contributed by atoms with Crippen LogP contribution in [0, 0.1) is 18.7 Å². The Bertz CT molecular complexity index is 464. The minimum Gasteiger partial charge on any atom is -0.381 e.